The van der Waals surface area contributed by atoms with Gasteiger partial charge in [-0.25, -0.2) is 0 Å². The summed E-state index contributed by atoms with van der Waals surface area (Å²) in [5, 5.41) is 11.3. The number of carboxylic acids is 1. The minimum Gasteiger partial charge on any atom is -0.481 e. The van der Waals surface area contributed by atoms with Crippen LogP contribution in [0.3, 0.4) is 0 Å². The lowest BCUT2D eigenvalue weighted by atomic mass is 10.1. The number of carbonyl (C=O) groups excluding carboxylic acids is 1. The second-order valence-corrected chi connectivity index (χ2v) is 4.00. The van der Waals surface area contributed by atoms with Crippen LogP contribution in [0.2, 0.25) is 0 Å². The van der Waals surface area contributed by atoms with E-state index in [1.54, 1.807) is 0 Å². The van der Waals surface area contributed by atoms with Crippen molar-refractivity contribution in [1.29, 1.82) is 0 Å². The van der Waals surface area contributed by atoms with Crippen molar-refractivity contribution in [2.24, 2.45) is 5.73 Å². The molecule has 0 heterocycles. The number of hydrogen-bond donors (Lipinski definition) is 3. The van der Waals surface area contributed by atoms with E-state index in [9.17, 15) is 9.59 Å². The summed E-state index contributed by atoms with van der Waals surface area (Å²) in [4.78, 5) is 21.7. The van der Waals surface area contributed by atoms with Gasteiger partial charge in [-0.15, -0.1) is 0 Å². The van der Waals surface area contributed by atoms with E-state index in [2.05, 4.69) is 5.32 Å². The number of hydrogen-bond acceptors (Lipinski definition) is 3. The van der Waals surface area contributed by atoms with Crippen LogP contribution >= 0.6 is 0 Å². The van der Waals surface area contributed by atoms with E-state index in [1.165, 1.54) is 0 Å². The van der Waals surface area contributed by atoms with E-state index in [4.69, 9.17) is 10.8 Å². The summed E-state index contributed by atoms with van der Waals surface area (Å²) >= 11 is 0. The third-order valence-electron chi connectivity index (χ3n) is 2.31. The molecule has 0 aromatic rings. The van der Waals surface area contributed by atoms with Crippen molar-refractivity contribution in [3.8, 4) is 0 Å². The van der Waals surface area contributed by atoms with Crippen molar-refractivity contribution < 1.29 is 14.7 Å². The van der Waals surface area contributed by atoms with Gasteiger partial charge in [0.25, 0.3) is 0 Å². The molecule has 0 saturated carbocycles. The van der Waals surface area contributed by atoms with Crippen LogP contribution in [0.5, 0.6) is 0 Å². The average Bonchev–Trinajstić information content (AvgIpc) is 2.21. The van der Waals surface area contributed by atoms with Gasteiger partial charge in [0.1, 0.15) is 0 Å². The SMILES string of the molecule is CC(CCC(=O)O)NC(=O)CCCCCN. The standard InChI is InChI=1S/C11H22N2O3/c1-9(6-7-11(15)16)13-10(14)5-3-2-4-8-12/h9H,2-8,12H2,1H3,(H,13,14)(H,15,16). The molecule has 5 heteroatoms. The van der Waals surface area contributed by atoms with E-state index in [0.29, 0.717) is 19.4 Å². The Morgan fingerprint density at radius 2 is 1.94 bits per heavy atom. The molecule has 0 bridgehead atoms. The molecular formula is C11H22N2O3. The number of carboxylic acid groups (broad SMARTS) is 1. The molecule has 1 unspecified atom stereocenters. The fourth-order valence-electron chi connectivity index (χ4n) is 1.37. The van der Waals surface area contributed by atoms with Crippen LogP contribution in [0, 0.1) is 0 Å². The van der Waals surface area contributed by atoms with E-state index in [-0.39, 0.29) is 18.4 Å². The third-order valence-corrected chi connectivity index (χ3v) is 2.31. The molecule has 5 nitrogen and oxygen atoms in total. The van der Waals surface area contributed by atoms with E-state index < -0.39 is 5.97 Å². The van der Waals surface area contributed by atoms with Gasteiger partial charge in [0.2, 0.25) is 5.91 Å². The molecule has 1 amide bonds. The van der Waals surface area contributed by atoms with E-state index in [1.807, 2.05) is 6.92 Å². The Kier molecular flexibility index (Phi) is 8.52. The molecule has 0 aromatic heterocycles. The molecule has 0 aliphatic rings. The number of nitrogens with one attached hydrogen (secondary N) is 1. The highest BCUT2D eigenvalue weighted by Gasteiger charge is 2.08. The van der Waals surface area contributed by atoms with Crippen LogP contribution in [0.15, 0.2) is 0 Å². The maximum absolute atomic E-state index is 11.4. The van der Waals surface area contributed by atoms with Gasteiger partial charge in [-0.2, -0.15) is 0 Å². The second-order valence-electron chi connectivity index (χ2n) is 4.00. The minimum absolute atomic E-state index is 0.00471. The molecule has 0 saturated heterocycles. The Bertz CT molecular complexity index is 219. The minimum atomic E-state index is -0.830. The van der Waals surface area contributed by atoms with Crippen LogP contribution < -0.4 is 11.1 Å². The Hall–Kier alpha value is -1.10. The van der Waals surface area contributed by atoms with Gasteiger partial charge in [0.15, 0.2) is 0 Å². The van der Waals surface area contributed by atoms with Crippen molar-refractivity contribution in [2.75, 3.05) is 6.54 Å². The number of carbonyl (C=O) groups is 2. The van der Waals surface area contributed by atoms with E-state index in [0.717, 1.165) is 19.3 Å². The summed E-state index contributed by atoms with van der Waals surface area (Å²) in [6.07, 6.45) is 3.82. The van der Waals surface area contributed by atoms with Gasteiger partial charge in [-0.05, 0) is 32.7 Å². The number of rotatable bonds is 9. The monoisotopic (exact) mass is 230 g/mol. The van der Waals surface area contributed by atoms with Crippen molar-refractivity contribution in [1.82, 2.24) is 5.32 Å². The largest absolute Gasteiger partial charge is 0.481 e. The highest BCUT2D eigenvalue weighted by molar-refractivity contribution is 5.76. The first-order chi connectivity index (χ1) is 7.56. The molecule has 0 aromatic carbocycles. The van der Waals surface area contributed by atoms with Crippen molar-refractivity contribution in [2.45, 2.75) is 51.5 Å². The first kappa shape index (κ1) is 14.9. The lowest BCUT2D eigenvalue weighted by Crippen LogP contribution is -2.32. The molecular weight excluding hydrogens is 208 g/mol. The summed E-state index contributed by atoms with van der Waals surface area (Å²) < 4.78 is 0. The van der Waals surface area contributed by atoms with Crippen LogP contribution in [-0.4, -0.2) is 29.6 Å². The predicted molar refractivity (Wildman–Crippen MR) is 62.0 cm³/mol. The van der Waals surface area contributed by atoms with Gasteiger partial charge in [0, 0.05) is 18.9 Å². The van der Waals surface area contributed by atoms with Crippen LogP contribution in [0.1, 0.15) is 45.4 Å². The first-order valence-corrected chi connectivity index (χ1v) is 5.77. The molecule has 0 aliphatic heterocycles. The maximum Gasteiger partial charge on any atom is 0.303 e. The zero-order chi connectivity index (χ0) is 12.4. The van der Waals surface area contributed by atoms with Crippen molar-refractivity contribution in [3.05, 3.63) is 0 Å². The highest BCUT2D eigenvalue weighted by Crippen LogP contribution is 2.01. The fourth-order valence-corrected chi connectivity index (χ4v) is 1.37. The van der Waals surface area contributed by atoms with E-state index >= 15 is 0 Å². The molecule has 0 spiro atoms. The summed E-state index contributed by atoms with van der Waals surface area (Å²) in [6.45, 7) is 2.48. The summed E-state index contributed by atoms with van der Waals surface area (Å²) in [6, 6.07) is -0.0712. The quantitative estimate of drug-likeness (QED) is 0.512. The van der Waals surface area contributed by atoms with Crippen molar-refractivity contribution >= 4 is 11.9 Å². The number of amides is 1. The third kappa shape index (κ3) is 9.45. The molecule has 0 rings (SSSR count). The molecule has 1 atom stereocenters. The zero-order valence-electron chi connectivity index (χ0n) is 9.87. The Morgan fingerprint density at radius 1 is 1.25 bits per heavy atom. The van der Waals surface area contributed by atoms with Gasteiger partial charge in [-0.3, -0.25) is 9.59 Å². The Balaban J connectivity index is 3.50. The summed E-state index contributed by atoms with van der Waals surface area (Å²) in [5.74, 6) is -0.834. The predicted octanol–water partition coefficient (Wildman–Crippen LogP) is 0.875. The molecule has 0 fully saturated rings. The lowest BCUT2D eigenvalue weighted by Gasteiger charge is -2.12. The second kappa shape index (κ2) is 9.15. The van der Waals surface area contributed by atoms with Gasteiger partial charge in [0.05, 0.1) is 0 Å². The van der Waals surface area contributed by atoms with Crippen molar-refractivity contribution in [3.63, 3.8) is 0 Å². The normalized spacial score (nSPS) is 12.1. The fraction of sp³-hybridized carbons (Fsp3) is 0.818. The van der Waals surface area contributed by atoms with Crippen LogP contribution in [0.4, 0.5) is 0 Å². The number of aliphatic carboxylic acids is 1. The van der Waals surface area contributed by atoms with Gasteiger partial charge < -0.3 is 16.2 Å². The summed E-state index contributed by atoms with van der Waals surface area (Å²) in [5.41, 5.74) is 5.34. The smallest absolute Gasteiger partial charge is 0.303 e. The summed E-state index contributed by atoms with van der Waals surface area (Å²) in [7, 11) is 0. The number of nitrogens with two attached hydrogens (primary N) is 1. The highest BCUT2D eigenvalue weighted by atomic mass is 16.4. The molecule has 16 heavy (non-hydrogen) atoms. The van der Waals surface area contributed by atoms with Gasteiger partial charge >= 0.3 is 5.97 Å². The molecule has 0 radical (unpaired) electrons. The Labute approximate surface area is 96.4 Å². The lowest BCUT2D eigenvalue weighted by molar-refractivity contribution is -0.137. The van der Waals surface area contributed by atoms with Gasteiger partial charge in [-0.1, -0.05) is 6.42 Å². The zero-order valence-corrected chi connectivity index (χ0v) is 9.87. The van der Waals surface area contributed by atoms with Crippen LogP contribution in [0.25, 0.3) is 0 Å². The topological polar surface area (TPSA) is 92.4 Å². The number of unbranched alkanes of at least 4 members (excludes halogenated alkanes) is 2. The average molecular weight is 230 g/mol. The molecule has 94 valence electrons. The maximum atomic E-state index is 11.4. The van der Waals surface area contributed by atoms with Crippen LogP contribution in [-0.2, 0) is 9.59 Å². The first-order valence-electron chi connectivity index (χ1n) is 5.77. The molecule has 4 N–H and O–H groups in total. The molecule has 0 aliphatic carbocycles. The Morgan fingerprint density at radius 3 is 2.50 bits per heavy atom.